The van der Waals surface area contributed by atoms with E-state index in [0.29, 0.717) is 12.4 Å². The number of aromatic nitrogens is 2. The zero-order valence-electron chi connectivity index (χ0n) is 11.1. The standard InChI is InChI=1S/C14H16N4O/c1-3-17(2)14(19)10-18-12-7-5-4-6-11(12)16-13(18)8-9-15/h4-7H,3,8,10H2,1-2H3. The van der Waals surface area contributed by atoms with Crippen LogP contribution in [0.15, 0.2) is 24.3 Å². The highest BCUT2D eigenvalue weighted by molar-refractivity contribution is 5.81. The molecule has 5 nitrogen and oxygen atoms in total. The van der Waals surface area contributed by atoms with Gasteiger partial charge in [-0.3, -0.25) is 4.79 Å². The van der Waals surface area contributed by atoms with Crippen LogP contribution in [0.3, 0.4) is 0 Å². The van der Waals surface area contributed by atoms with E-state index in [1.807, 2.05) is 35.8 Å². The van der Waals surface area contributed by atoms with Crippen LogP contribution in [0, 0.1) is 11.3 Å². The number of nitrogens with zero attached hydrogens (tertiary/aromatic N) is 4. The van der Waals surface area contributed by atoms with Crippen molar-refractivity contribution in [2.45, 2.75) is 19.9 Å². The molecule has 0 saturated carbocycles. The van der Waals surface area contributed by atoms with Gasteiger partial charge in [-0.2, -0.15) is 5.26 Å². The number of imidazole rings is 1. The Morgan fingerprint density at radius 3 is 2.89 bits per heavy atom. The lowest BCUT2D eigenvalue weighted by Crippen LogP contribution is -2.30. The SMILES string of the molecule is CCN(C)C(=O)Cn1c(CC#N)nc2ccccc21. The summed E-state index contributed by atoms with van der Waals surface area (Å²) >= 11 is 0. The molecule has 1 heterocycles. The number of rotatable bonds is 4. The normalized spacial score (nSPS) is 10.4. The Labute approximate surface area is 112 Å². The second kappa shape index (κ2) is 5.53. The molecule has 2 aromatic rings. The van der Waals surface area contributed by atoms with Crippen molar-refractivity contribution >= 4 is 16.9 Å². The van der Waals surface area contributed by atoms with E-state index in [0.717, 1.165) is 11.0 Å². The average Bonchev–Trinajstić information content (AvgIpc) is 2.76. The number of carbonyl (C=O) groups is 1. The quantitative estimate of drug-likeness (QED) is 0.834. The molecule has 0 N–H and O–H groups in total. The number of hydrogen-bond acceptors (Lipinski definition) is 3. The molecule has 0 aliphatic heterocycles. The zero-order valence-corrected chi connectivity index (χ0v) is 11.1. The van der Waals surface area contributed by atoms with Gasteiger partial charge in [-0.15, -0.1) is 0 Å². The van der Waals surface area contributed by atoms with Gasteiger partial charge in [0.05, 0.1) is 23.5 Å². The molecule has 0 atom stereocenters. The summed E-state index contributed by atoms with van der Waals surface area (Å²) in [4.78, 5) is 18.1. The Hall–Kier alpha value is -2.35. The van der Waals surface area contributed by atoms with Gasteiger partial charge < -0.3 is 9.47 Å². The Kier molecular flexibility index (Phi) is 3.81. The van der Waals surface area contributed by atoms with Crippen molar-refractivity contribution in [2.75, 3.05) is 13.6 Å². The number of nitriles is 1. The second-order valence-corrected chi connectivity index (χ2v) is 4.35. The van der Waals surface area contributed by atoms with Crippen LogP contribution in [0.2, 0.25) is 0 Å². The predicted molar refractivity (Wildman–Crippen MR) is 72.4 cm³/mol. The lowest BCUT2D eigenvalue weighted by atomic mass is 10.3. The van der Waals surface area contributed by atoms with Crippen LogP contribution in [0.4, 0.5) is 0 Å². The lowest BCUT2D eigenvalue weighted by Gasteiger charge is -2.16. The molecule has 0 spiro atoms. The molecular weight excluding hydrogens is 240 g/mol. The molecule has 0 radical (unpaired) electrons. The smallest absolute Gasteiger partial charge is 0.242 e. The lowest BCUT2D eigenvalue weighted by molar-refractivity contribution is -0.130. The summed E-state index contributed by atoms with van der Waals surface area (Å²) in [5.74, 6) is 0.659. The second-order valence-electron chi connectivity index (χ2n) is 4.35. The maximum absolute atomic E-state index is 12.0. The highest BCUT2D eigenvalue weighted by Crippen LogP contribution is 2.16. The van der Waals surface area contributed by atoms with Crippen molar-refractivity contribution in [2.24, 2.45) is 0 Å². The van der Waals surface area contributed by atoms with Gasteiger partial charge in [0, 0.05) is 13.6 Å². The minimum Gasteiger partial charge on any atom is -0.344 e. The van der Waals surface area contributed by atoms with E-state index in [4.69, 9.17) is 5.26 Å². The molecule has 1 aromatic heterocycles. The van der Waals surface area contributed by atoms with Crippen molar-refractivity contribution in [3.05, 3.63) is 30.1 Å². The van der Waals surface area contributed by atoms with Crippen LogP contribution in [0.5, 0.6) is 0 Å². The minimum absolute atomic E-state index is 0.0184. The van der Waals surface area contributed by atoms with Gasteiger partial charge >= 0.3 is 0 Å². The summed E-state index contributed by atoms with van der Waals surface area (Å²) in [5, 5.41) is 8.86. The van der Waals surface area contributed by atoms with Crippen molar-refractivity contribution in [1.29, 1.82) is 5.26 Å². The van der Waals surface area contributed by atoms with Gasteiger partial charge in [-0.25, -0.2) is 4.98 Å². The van der Waals surface area contributed by atoms with Gasteiger partial charge in [-0.1, -0.05) is 12.1 Å². The first-order valence-electron chi connectivity index (χ1n) is 6.22. The number of likely N-dealkylation sites (N-methyl/N-ethyl adjacent to an activating group) is 1. The fourth-order valence-electron chi connectivity index (χ4n) is 1.94. The van der Waals surface area contributed by atoms with Crippen molar-refractivity contribution in [3.8, 4) is 6.07 Å². The molecule has 19 heavy (non-hydrogen) atoms. The number of benzene rings is 1. The molecule has 1 amide bonds. The van der Waals surface area contributed by atoms with Gasteiger partial charge in [-0.05, 0) is 19.1 Å². The number of carbonyl (C=O) groups excluding carboxylic acids is 1. The van der Waals surface area contributed by atoms with Gasteiger partial charge in [0.25, 0.3) is 0 Å². The largest absolute Gasteiger partial charge is 0.344 e. The highest BCUT2D eigenvalue weighted by Gasteiger charge is 2.14. The number of fused-ring (bicyclic) bond motifs is 1. The molecule has 0 bridgehead atoms. The number of hydrogen-bond donors (Lipinski definition) is 0. The van der Waals surface area contributed by atoms with Gasteiger partial charge in [0.15, 0.2) is 0 Å². The van der Waals surface area contributed by atoms with Gasteiger partial charge in [0.2, 0.25) is 5.91 Å². The number of para-hydroxylation sites is 2. The third kappa shape index (κ3) is 2.58. The van der Waals surface area contributed by atoms with Crippen LogP contribution in [0.1, 0.15) is 12.7 Å². The van der Waals surface area contributed by atoms with E-state index in [-0.39, 0.29) is 18.9 Å². The minimum atomic E-state index is 0.0184. The first-order valence-corrected chi connectivity index (χ1v) is 6.22. The van der Waals surface area contributed by atoms with E-state index in [9.17, 15) is 4.79 Å². The van der Waals surface area contributed by atoms with Crippen LogP contribution >= 0.6 is 0 Å². The summed E-state index contributed by atoms with van der Waals surface area (Å²) in [5.41, 5.74) is 1.71. The Bertz CT molecular complexity index is 638. The van der Waals surface area contributed by atoms with Crippen molar-refractivity contribution in [1.82, 2.24) is 14.5 Å². The maximum Gasteiger partial charge on any atom is 0.242 e. The summed E-state index contributed by atoms with van der Waals surface area (Å²) in [6.45, 7) is 2.82. The first-order chi connectivity index (χ1) is 9.17. The molecule has 0 unspecified atom stereocenters. The van der Waals surface area contributed by atoms with Crippen LogP contribution in [-0.2, 0) is 17.8 Å². The Morgan fingerprint density at radius 1 is 1.47 bits per heavy atom. The summed E-state index contributed by atoms with van der Waals surface area (Å²) < 4.78 is 1.83. The topological polar surface area (TPSA) is 61.9 Å². The van der Waals surface area contributed by atoms with E-state index >= 15 is 0 Å². The van der Waals surface area contributed by atoms with E-state index in [1.54, 1.807) is 11.9 Å². The van der Waals surface area contributed by atoms with Crippen LogP contribution in [-0.4, -0.2) is 34.0 Å². The molecule has 0 fully saturated rings. The predicted octanol–water partition coefficient (Wildman–Crippen LogP) is 1.58. The highest BCUT2D eigenvalue weighted by atomic mass is 16.2. The van der Waals surface area contributed by atoms with Crippen LogP contribution < -0.4 is 0 Å². The molecule has 2 rings (SSSR count). The molecule has 5 heteroatoms. The zero-order chi connectivity index (χ0) is 13.8. The molecular formula is C14H16N4O. The summed E-state index contributed by atoms with van der Waals surface area (Å²) in [6, 6.07) is 9.71. The number of amides is 1. The van der Waals surface area contributed by atoms with Crippen LogP contribution in [0.25, 0.3) is 11.0 Å². The monoisotopic (exact) mass is 256 g/mol. The fourth-order valence-corrected chi connectivity index (χ4v) is 1.94. The Morgan fingerprint density at radius 2 is 2.21 bits per heavy atom. The molecule has 0 aliphatic rings. The molecule has 0 saturated heterocycles. The maximum atomic E-state index is 12.0. The first kappa shape index (κ1) is 13.1. The third-order valence-corrected chi connectivity index (χ3v) is 3.16. The third-order valence-electron chi connectivity index (χ3n) is 3.16. The van der Waals surface area contributed by atoms with E-state index < -0.39 is 0 Å². The van der Waals surface area contributed by atoms with E-state index in [2.05, 4.69) is 11.1 Å². The molecule has 1 aromatic carbocycles. The summed E-state index contributed by atoms with van der Waals surface area (Å²) in [7, 11) is 1.77. The van der Waals surface area contributed by atoms with Crippen molar-refractivity contribution < 1.29 is 4.79 Å². The van der Waals surface area contributed by atoms with Crippen molar-refractivity contribution in [3.63, 3.8) is 0 Å². The van der Waals surface area contributed by atoms with Gasteiger partial charge in [0.1, 0.15) is 12.4 Å². The van der Waals surface area contributed by atoms with E-state index in [1.165, 1.54) is 0 Å². The Balaban J connectivity index is 2.42. The average molecular weight is 256 g/mol. The fraction of sp³-hybridized carbons (Fsp3) is 0.357. The molecule has 98 valence electrons. The summed E-state index contributed by atoms with van der Waals surface area (Å²) in [6.07, 6.45) is 0.206. The molecule has 0 aliphatic carbocycles.